The molecule has 0 fully saturated rings. The largest absolute Gasteiger partial charge is 0.534 e. The Morgan fingerprint density at radius 1 is 0.745 bits per heavy atom. The van der Waals surface area contributed by atoms with Crippen molar-refractivity contribution in [2.45, 2.75) is 51.2 Å². The summed E-state index contributed by atoms with van der Waals surface area (Å²) in [6, 6.07) is 46.3. The zero-order valence-corrected chi connectivity index (χ0v) is 28.4. The van der Waals surface area contributed by atoms with Gasteiger partial charge in [0.2, 0.25) is 0 Å². The summed E-state index contributed by atoms with van der Waals surface area (Å²) in [5, 5.41) is 14.1. The van der Waals surface area contributed by atoms with Crippen LogP contribution in [0.4, 0.5) is 16.2 Å². The molecule has 0 bridgehead atoms. The van der Waals surface area contributed by atoms with Gasteiger partial charge in [-0.25, -0.2) is 9.69 Å². The Balaban J connectivity index is 1.30. The molecule has 0 aliphatic heterocycles. The summed E-state index contributed by atoms with van der Waals surface area (Å²) in [5.41, 5.74) is 3.33. The summed E-state index contributed by atoms with van der Waals surface area (Å²) in [6.45, 7) is 6.92. The summed E-state index contributed by atoms with van der Waals surface area (Å²) in [4.78, 5) is 15.2. The molecule has 0 saturated carbocycles. The second-order valence-corrected chi connectivity index (χ2v) is 17.5. The molecule has 0 aromatic heterocycles. The number of para-hydroxylation sites is 2. The highest BCUT2D eigenvalue weighted by Gasteiger charge is 2.52. The summed E-state index contributed by atoms with van der Waals surface area (Å²) in [5.74, 6) is 0.574. The molecule has 0 saturated heterocycles. The van der Waals surface area contributed by atoms with Gasteiger partial charge in [0, 0.05) is 5.92 Å². The van der Waals surface area contributed by atoms with Crippen LogP contribution < -0.4 is 19.7 Å². The fourth-order valence-corrected chi connectivity index (χ4v) is 11.4. The van der Waals surface area contributed by atoms with E-state index in [9.17, 15) is 9.90 Å². The van der Waals surface area contributed by atoms with Crippen molar-refractivity contribution in [2.24, 2.45) is 5.92 Å². The van der Waals surface area contributed by atoms with Gasteiger partial charge in [-0.3, -0.25) is 0 Å². The van der Waals surface area contributed by atoms with Crippen LogP contribution in [0.25, 0.3) is 0 Å². The number of rotatable bonds is 8. The van der Waals surface area contributed by atoms with E-state index in [1.807, 2.05) is 84.9 Å². The Morgan fingerprint density at radius 3 is 1.77 bits per heavy atom. The molecule has 2 atom stereocenters. The van der Waals surface area contributed by atoms with E-state index in [2.05, 4.69) is 75.4 Å². The smallest absolute Gasteiger partial charge is 0.418 e. The van der Waals surface area contributed by atoms with Gasteiger partial charge in [0.25, 0.3) is 0 Å². The Labute approximate surface area is 279 Å². The summed E-state index contributed by atoms with van der Waals surface area (Å²) < 4.78 is 13.4. The monoisotopic (exact) mass is 641 g/mol. The number of anilines is 2. The van der Waals surface area contributed by atoms with Crippen LogP contribution in [0, 0.1) is 5.92 Å². The van der Waals surface area contributed by atoms with Crippen molar-refractivity contribution in [1.82, 2.24) is 0 Å². The number of hydrogen-bond acceptors (Lipinski definition) is 4. The van der Waals surface area contributed by atoms with Gasteiger partial charge in [0.15, 0.2) is 0 Å². The Kier molecular flexibility index (Phi) is 9.62. The molecule has 240 valence electrons. The Bertz CT molecular complexity index is 1680. The van der Waals surface area contributed by atoms with Crippen molar-refractivity contribution < 1.29 is 19.1 Å². The lowest BCUT2D eigenvalue weighted by Gasteiger charge is -2.43. The molecular formula is C41H43NO4Si. The molecule has 2 unspecified atom stereocenters. The molecule has 6 heteroatoms. The maximum atomic E-state index is 13.6. The minimum Gasteiger partial charge on any atom is -0.534 e. The van der Waals surface area contributed by atoms with Gasteiger partial charge < -0.3 is 14.3 Å². The zero-order chi connectivity index (χ0) is 32.9. The van der Waals surface area contributed by atoms with E-state index in [-0.39, 0.29) is 17.6 Å². The van der Waals surface area contributed by atoms with Crippen LogP contribution in [0.3, 0.4) is 0 Å². The second-order valence-electron chi connectivity index (χ2n) is 13.3. The molecular weight excluding hydrogens is 599 g/mol. The van der Waals surface area contributed by atoms with Gasteiger partial charge in [-0.2, -0.15) is 0 Å². The maximum Gasteiger partial charge on any atom is 0.418 e. The number of aliphatic hydroxyl groups is 1. The molecule has 0 spiro atoms. The van der Waals surface area contributed by atoms with E-state index in [1.54, 1.807) is 4.90 Å². The van der Waals surface area contributed by atoms with Crippen molar-refractivity contribution in [3.05, 3.63) is 151 Å². The topological polar surface area (TPSA) is 59.0 Å². The molecule has 1 N–H and O–H groups in total. The van der Waals surface area contributed by atoms with Crippen LogP contribution in [-0.4, -0.2) is 26.1 Å². The molecule has 6 rings (SSSR count). The minimum atomic E-state index is -2.87. The summed E-state index contributed by atoms with van der Waals surface area (Å²) >= 11 is 0. The van der Waals surface area contributed by atoms with Crippen molar-refractivity contribution in [3.63, 3.8) is 0 Å². The predicted molar refractivity (Wildman–Crippen MR) is 192 cm³/mol. The molecule has 0 radical (unpaired) electrons. The lowest BCUT2D eigenvalue weighted by molar-refractivity contribution is 0.0526. The van der Waals surface area contributed by atoms with Crippen LogP contribution in [0.2, 0.25) is 5.04 Å². The van der Waals surface area contributed by atoms with Gasteiger partial charge in [-0.1, -0.05) is 130 Å². The number of benzene rings is 5. The third kappa shape index (κ3) is 6.62. The van der Waals surface area contributed by atoms with Gasteiger partial charge in [-0.05, 0) is 76.1 Å². The van der Waals surface area contributed by atoms with Crippen LogP contribution in [0.15, 0.2) is 140 Å². The fraction of sp³-hybridized carbons (Fsp3) is 0.244. The highest BCUT2D eigenvalue weighted by molar-refractivity contribution is 7.00. The van der Waals surface area contributed by atoms with Crippen LogP contribution in [-0.2, 0) is 11.2 Å². The van der Waals surface area contributed by atoms with Crippen molar-refractivity contribution in [3.8, 4) is 5.75 Å². The van der Waals surface area contributed by atoms with E-state index >= 15 is 0 Å². The van der Waals surface area contributed by atoms with Crippen LogP contribution >= 0.6 is 0 Å². The van der Waals surface area contributed by atoms with E-state index in [0.717, 1.165) is 47.5 Å². The molecule has 1 aliphatic carbocycles. The van der Waals surface area contributed by atoms with E-state index in [0.29, 0.717) is 0 Å². The van der Waals surface area contributed by atoms with E-state index in [4.69, 9.17) is 9.16 Å². The zero-order valence-electron chi connectivity index (χ0n) is 27.4. The van der Waals surface area contributed by atoms with Crippen molar-refractivity contribution >= 4 is 36.2 Å². The Morgan fingerprint density at radius 2 is 1.26 bits per heavy atom. The predicted octanol–water partition coefficient (Wildman–Crippen LogP) is 8.59. The lowest BCUT2D eigenvalue weighted by atomic mass is 9.94. The molecule has 1 amide bonds. The first-order chi connectivity index (χ1) is 22.8. The second kappa shape index (κ2) is 14.0. The Hall–Kier alpha value is -4.65. The first kappa shape index (κ1) is 32.3. The molecule has 5 aromatic rings. The third-order valence-electron chi connectivity index (χ3n) is 9.25. The van der Waals surface area contributed by atoms with Crippen LogP contribution in [0.5, 0.6) is 5.75 Å². The lowest BCUT2D eigenvalue weighted by Crippen LogP contribution is -2.68. The molecule has 47 heavy (non-hydrogen) atoms. The maximum absolute atomic E-state index is 13.6. The molecule has 1 aliphatic rings. The van der Waals surface area contributed by atoms with Crippen LogP contribution in [0.1, 0.15) is 50.8 Å². The number of ether oxygens (including phenoxy) is 1. The molecule has 5 aromatic carbocycles. The standard InChI is InChI=1S/C41H43NO4Si/c1-41(2,3)47(34-23-12-6-13-24-34,35-25-14-7-15-26-35)46-38-29-17-28-37-36(38)27-16-18-31(39(37)43)30-45-40(44)42(32-19-8-4-9-20-32)33-21-10-5-11-22-33/h4-15,17,19-26,28-29,31,39,43H,16,18,27,30H2,1-3H3. The molecule has 5 nitrogen and oxygen atoms in total. The summed E-state index contributed by atoms with van der Waals surface area (Å²) in [7, 11) is -2.87. The highest BCUT2D eigenvalue weighted by atomic mass is 28.4. The summed E-state index contributed by atoms with van der Waals surface area (Å²) in [6.07, 6.45) is 1.06. The number of carbonyl (C=O) groups excluding carboxylic acids is 1. The average Bonchev–Trinajstić information content (AvgIpc) is 3.26. The number of carbonyl (C=O) groups is 1. The van der Waals surface area contributed by atoms with Gasteiger partial charge in [-0.15, -0.1) is 0 Å². The molecule has 0 heterocycles. The van der Waals surface area contributed by atoms with Gasteiger partial charge in [0.05, 0.1) is 24.1 Å². The first-order valence-electron chi connectivity index (χ1n) is 16.5. The number of nitrogens with zero attached hydrogens (tertiary/aromatic N) is 1. The van der Waals surface area contributed by atoms with Gasteiger partial charge >= 0.3 is 14.4 Å². The highest BCUT2D eigenvalue weighted by Crippen LogP contribution is 2.42. The first-order valence-corrected chi connectivity index (χ1v) is 18.4. The van der Waals surface area contributed by atoms with Gasteiger partial charge in [0.1, 0.15) is 5.75 Å². The number of fused-ring (bicyclic) bond motifs is 1. The van der Waals surface area contributed by atoms with E-state index < -0.39 is 20.5 Å². The minimum absolute atomic E-state index is 0.107. The van der Waals surface area contributed by atoms with Crippen molar-refractivity contribution in [2.75, 3.05) is 11.5 Å². The van der Waals surface area contributed by atoms with E-state index in [1.165, 1.54) is 10.4 Å². The average molecular weight is 642 g/mol. The quantitative estimate of drug-likeness (QED) is 0.136. The SMILES string of the molecule is CC(C)(C)[Si](Oc1cccc2c1CCCC(COC(=O)N(c1ccccc1)c1ccccc1)C2O)(c1ccccc1)c1ccccc1. The number of amides is 1. The van der Waals surface area contributed by atoms with Crippen molar-refractivity contribution in [1.29, 1.82) is 0 Å². The normalized spacial score (nSPS) is 16.4. The third-order valence-corrected chi connectivity index (χ3v) is 14.2. The fourth-order valence-electron chi connectivity index (χ4n) is 6.92. The number of aliphatic hydroxyl groups excluding tert-OH is 1. The number of hydrogen-bond donors (Lipinski definition) is 1.